The monoisotopic (exact) mass is 395 g/mol. The molecule has 2 unspecified atom stereocenters. The lowest BCUT2D eigenvalue weighted by molar-refractivity contribution is -0.117. The van der Waals surface area contributed by atoms with Crippen LogP contribution in [-0.2, 0) is 16.1 Å². The van der Waals surface area contributed by atoms with Gasteiger partial charge in [0.1, 0.15) is 0 Å². The minimum absolute atomic E-state index is 0.0645. The van der Waals surface area contributed by atoms with Gasteiger partial charge in [0.15, 0.2) is 0 Å². The van der Waals surface area contributed by atoms with Crippen molar-refractivity contribution in [3.05, 3.63) is 64.1 Å². The summed E-state index contributed by atoms with van der Waals surface area (Å²) >= 11 is 0. The number of anilines is 1. The number of nitrogens with zero attached hydrogens (tertiary/aromatic N) is 2. The average molecular weight is 395 g/mol. The van der Waals surface area contributed by atoms with Crippen LogP contribution in [0.15, 0.2) is 47.3 Å². The van der Waals surface area contributed by atoms with E-state index < -0.39 is 0 Å². The Balaban J connectivity index is 1.36. The van der Waals surface area contributed by atoms with Crippen molar-refractivity contribution in [3.63, 3.8) is 0 Å². The topological polar surface area (TPSA) is 80.6 Å². The highest BCUT2D eigenvalue weighted by Gasteiger charge is 2.34. The van der Waals surface area contributed by atoms with Crippen LogP contribution in [0.4, 0.5) is 5.69 Å². The summed E-state index contributed by atoms with van der Waals surface area (Å²) in [6, 6.07) is 12.2. The fraction of sp³-hybridized carbons (Fsp3) is 0.409. The normalized spacial score (nSPS) is 20.6. The third-order valence-corrected chi connectivity index (χ3v) is 5.60. The first kappa shape index (κ1) is 19.4. The molecule has 3 heterocycles. The van der Waals surface area contributed by atoms with Gasteiger partial charge in [-0.15, -0.1) is 0 Å². The number of carbonyl (C=O) groups excluding carboxylic acids is 2. The maximum Gasteiger partial charge on any atom is 0.338 e. The number of ether oxygens (including phenoxy) is 1. The number of hydrogen-bond donors (Lipinski definition) is 1. The van der Waals surface area contributed by atoms with Crippen LogP contribution >= 0.6 is 0 Å². The zero-order chi connectivity index (χ0) is 20.4. The third kappa shape index (κ3) is 4.24. The molecule has 0 radical (unpaired) electrons. The van der Waals surface area contributed by atoms with Crippen molar-refractivity contribution in [3.8, 4) is 0 Å². The summed E-state index contributed by atoms with van der Waals surface area (Å²) in [6.07, 6.45) is 1.07. The summed E-state index contributed by atoms with van der Waals surface area (Å²) in [7, 11) is 0. The molecule has 0 saturated carbocycles. The lowest BCUT2D eigenvalue weighted by Gasteiger charge is -2.42. The highest BCUT2D eigenvalue weighted by Crippen LogP contribution is 2.34. The van der Waals surface area contributed by atoms with Crippen LogP contribution in [0.5, 0.6) is 0 Å². The smallest absolute Gasteiger partial charge is 0.338 e. The van der Waals surface area contributed by atoms with E-state index >= 15 is 0 Å². The molecule has 7 heteroatoms. The van der Waals surface area contributed by atoms with Gasteiger partial charge in [0.25, 0.3) is 5.56 Å². The van der Waals surface area contributed by atoms with E-state index in [1.54, 1.807) is 37.3 Å². The number of esters is 1. The van der Waals surface area contributed by atoms with Crippen molar-refractivity contribution >= 4 is 17.6 Å². The Kier molecular flexibility index (Phi) is 5.49. The Morgan fingerprint density at radius 1 is 1.10 bits per heavy atom. The van der Waals surface area contributed by atoms with Crippen molar-refractivity contribution in [1.29, 1.82) is 0 Å². The molecule has 2 aromatic rings. The van der Waals surface area contributed by atoms with Crippen molar-refractivity contribution < 1.29 is 14.3 Å². The second-order valence-electron chi connectivity index (χ2n) is 7.74. The number of benzene rings is 1. The number of aromatic nitrogens is 1. The largest absolute Gasteiger partial charge is 0.462 e. The molecule has 1 amide bonds. The molecule has 1 aromatic carbocycles. The van der Waals surface area contributed by atoms with E-state index in [9.17, 15) is 14.4 Å². The number of nitrogens with one attached hydrogen (secondary N) is 1. The lowest BCUT2D eigenvalue weighted by atomic mass is 9.83. The molecule has 29 heavy (non-hydrogen) atoms. The van der Waals surface area contributed by atoms with Gasteiger partial charge >= 0.3 is 5.97 Å². The minimum atomic E-state index is -0.371. The maximum atomic E-state index is 12.5. The summed E-state index contributed by atoms with van der Waals surface area (Å²) < 4.78 is 6.85. The van der Waals surface area contributed by atoms with E-state index in [0.29, 0.717) is 30.3 Å². The van der Waals surface area contributed by atoms with E-state index in [0.717, 1.165) is 31.7 Å². The van der Waals surface area contributed by atoms with E-state index in [1.165, 1.54) is 0 Å². The molecule has 2 aliphatic heterocycles. The van der Waals surface area contributed by atoms with Crippen LogP contribution in [0, 0.1) is 5.92 Å². The number of piperidine rings is 1. The van der Waals surface area contributed by atoms with Crippen LogP contribution in [0.1, 0.15) is 35.3 Å². The maximum absolute atomic E-state index is 12.5. The summed E-state index contributed by atoms with van der Waals surface area (Å²) in [6.45, 7) is 4.71. The van der Waals surface area contributed by atoms with E-state index in [2.05, 4.69) is 10.2 Å². The van der Waals surface area contributed by atoms with Crippen LogP contribution in [0.2, 0.25) is 0 Å². The molecule has 1 aromatic heterocycles. The quantitative estimate of drug-likeness (QED) is 0.784. The van der Waals surface area contributed by atoms with Crippen LogP contribution < -0.4 is 10.9 Å². The SMILES string of the molecule is CCOC(=O)c1ccc(NC(=O)CN2CC3CC(C2)c2cccc(=O)n2C3)cc1. The summed E-state index contributed by atoms with van der Waals surface area (Å²) in [5, 5.41) is 2.89. The van der Waals surface area contributed by atoms with Crippen molar-refractivity contribution in [1.82, 2.24) is 9.47 Å². The van der Waals surface area contributed by atoms with Crippen LogP contribution in [0.3, 0.4) is 0 Å². The lowest BCUT2D eigenvalue weighted by Crippen LogP contribution is -2.49. The Bertz CT molecular complexity index is 967. The fourth-order valence-electron chi connectivity index (χ4n) is 4.43. The standard InChI is InChI=1S/C22H25N3O4/c1-2-29-22(28)16-6-8-18(9-7-16)23-20(26)14-24-11-15-10-17(13-24)19-4-3-5-21(27)25(19)12-15/h3-9,15,17H,2,10-14H2,1H3,(H,23,26). The van der Waals surface area contributed by atoms with Crippen molar-refractivity contribution in [2.75, 3.05) is 31.6 Å². The first-order chi connectivity index (χ1) is 14.0. The molecule has 2 aliphatic rings. The number of amides is 1. The van der Waals surface area contributed by atoms with Gasteiger partial charge in [-0.25, -0.2) is 4.79 Å². The fourth-order valence-corrected chi connectivity index (χ4v) is 4.43. The molecule has 4 rings (SSSR count). The van der Waals surface area contributed by atoms with Gasteiger partial charge in [0, 0.05) is 43.0 Å². The van der Waals surface area contributed by atoms with E-state index in [1.807, 2.05) is 16.7 Å². The highest BCUT2D eigenvalue weighted by molar-refractivity contribution is 5.94. The van der Waals surface area contributed by atoms with Gasteiger partial charge in [-0.3, -0.25) is 14.5 Å². The zero-order valence-corrected chi connectivity index (χ0v) is 16.5. The van der Waals surface area contributed by atoms with Gasteiger partial charge in [-0.2, -0.15) is 0 Å². The molecular weight excluding hydrogens is 370 g/mol. The molecule has 0 spiro atoms. The van der Waals surface area contributed by atoms with Gasteiger partial charge in [0.2, 0.25) is 5.91 Å². The van der Waals surface area contributed by atoms with Gasteiger partial charge in [0.05, 0.1) is 18.7 Å². The molecule has 2 atom stereocenters. The molecule has 7 nitrogen and oxygen atoms in total. The summed E-state index contributed by atoms with van der Waals surface area (Å²) in [5.41, 5.74) is 2.25. The second kappa shape index (κ2) is 8.21. The Morgan fingerprint density at radius 2 is 1.90 bits per heavy atom. The predicted octanol–water partition coefficient (Wildman–Crippen LogP) is 2.08. The molecule has 2 bridgehead atoms. The summed E-state index contributed by atoms with van der Waals surface area (Å²) in [4.78, 5) is 38.5. The third-order valence-electron chi connectivity index (χ3n) is 5.60. The average Bonchev–Trinajstić information content (AvgIpc) is 2.69. The first-order valence-electron chi connectivity index (χ1n) is 10.0. The molecule has 152 valence electrons. The molecule has 1 N–H and O–H groups in total. The summed E-state index contributed by atoms with van der Waals surface area (Å²) in [5.74, 6) is 0.218. The van der Waals surface area contributed by atoms with E-state index in [-0.39, 0.29) is 23.4 Å². The van der Waals surface area contributed by atoms with Gasteiger partial charge < -0.3 is 14.6 Å². The molecule has 0 aliphatic carbocycles. The number of pyridine rings is 1. The Morgan fingerprint density at radius 3 is 2.66 bits per heavy atom. The second-order valence-corrected chi connectivity index (χ2v) is 7.74. The molecule has 1 fully saturated rings. The van der Waals surface area contributed by atoms with Gasteiger partial charge in [-0.1, -0.05) is 6.07 Å². The minimum Gasteiger partial charge on any atom is -0.462 e. The number of fused-ring (bicyclic) bond motifs is 4. The van der Waals surface area contributed by atoms with Gasteiger partial charge in [-0.05, 0) is 49.6 Å². The number of rotatable bonds is 5. The van der Waals surface area contributed by atoms with Crippen molar-refractivity contribution in [2.45, 2.75) is 25.8 Å². The number of likely N-dealkylation sites (tertiary alicyclic amines) is 1. The number of hydrogen-bond acceptors (Lipinski definition) is 5. The van der Waals surface area contributed by atoms with Crippen LogP contribution in [-0.4, -0.2) is 47.6 Å². The zero-order valence-electron chi connectivity index (χ0n) is 16.5. The van der Waals surface area contributed by atoms with E-state index in [4.69, 9.17) is 4.74 Å². The predicted molar refractivity (Wildman–Crippen MR) is 109 cm³/mol. The highest BCUT2D eigenvalue weighted by atomic mass is 16.5. The Hall–Kier alpha value is -2.93. The Labute approximate surface area is 169 Å². The van der Waals surface area contributed by atoms with Crippen LogP contribution in [0.25, 0.3) is 0 Å². The molecular formula is C22H25N3O4. The number of carbonyl (C=O) groups is 2. The molecule has 1 saturated heterocycles. The van der Waals surface area contributed by atoms with Crippen molar-refractivity contribution in [2.24, 2.45) is 5.92 Å². The first-order valence-corrected chi connectivity index (χ1v) is 10.0.